The smallest absolute Gasteiger partial charge is 0.373 e. The molecule has 4 nitrogen and oxygen atoms in total. The maximum Gasteiger partial charge on any atom is 0.373 e. The molecule has 0 aliphatic heterocycles. The van der Waals surface area contributed by atoms with Crippen LogP contribution < -0.4 is 0 Å². The zero-order valence-corrected chi connectivity index (χ0v) is 12.7. The molecule has 0 amide bonds. The first-order chi connectivity index (χ1) is 10.6. The van der Waals surface area contributed by atoms with Crippen LogP contribution in [-0.4, -0.2) is 18.7 Å². The molecule has 1 aromatic rings. The minimum atomic E-state index is -0.0294. The lowest BCUT2D eigenvalue weighted by Gasteiger charge is -2.17. The first-order valence-electron chi connectivity index (χ1n) is 7.36. The van der Waals surface area contributed by atoms with E-state index in [1.807, 2.05) is 19.1 Å². The Labute approximate surface area is 129 Å². The van der Waals surface area contributed by atoms with Gasteiger partial charge in [-0.3, -0.25) is 4.79 Å². The number of benzene rings is 1. The summed E-state index contributed by atoms with van der Waals surface area (Å²) in [5.74, 6) is 3.81. The summed E-state index contributed by atoms with van der Waals surface area (Å²) in [6.07, 6.45) is 6.75. The second-order valence-electron chi connectivity index (χ2n) is 5.51. The molecule has 1 aromatic carbocycles. The fraction of sp³-hybridized carbons (Fsp3) is 0.444. The van der Waals surface area contributed by atoms with Crippen LogP contribution in [0, 0.1) is 30.1 Å². The van der Waals surface area contributed by atoms with Crippen LogP contribution in [0.3, 0.4) is 0 Å². The van der Waals surface area contributed by atoms with Gasteiger partial charge >= 0.3 is 12.1 Å². The summed E-state index contributed by atoms with van der Waals surface area (Å²) in [4.78, 5) is 28.2. The van der Waals surface area contributed by atoms with E-state index in [0.717, 1.165) is 12.0 Å². The molecule has 2 unspecified atom stereocenters. The highest BCUT2D eigenvalue weighted by molar-refractivity contribution is 5.84. The van der Waals surface area contributed by atoms with Gasteiger partial charge in [0.25, 0.3) is 0 Å². The normalized spacial score (nSPS) is 29.8. The standard InChI is InChI=1S/C17H18O2.CO2/c1-4-11-7-9-12(10-8-11)17-13(5-2)14(17)15(17)16(18)19-6-3;2-1-3/h1,7-10,13-15H,5-6H2,2-3H3;/t13-,14?,15+,17?;/m1./s1. The van der Waals surface area contributed by atoms with E-state index in [-0.39, 0.29) is 23.5 Å². The molecule has 22 heavy (non-hydrogen) atoms. The van der Waals surface area contributed by atoms with Crippen LogP contribution >= 0.6 is 0 Å². The molecule has 2 aliphatic carbocycles. The van der Waals surface area contributed by atoms with Crippen molar-refractivity contribution < 1.29 is 19.1 Å². The van der Waals surface area contributed by atoms with Crippen LogP contribution in [0.25, 0.3) is 0 Å². The minimum absolute atomic E-state index is 0.0294. The van der Waals surface area contributed by atoms with E-state index in [0.29, 0.717) is 18.4 Å². The van der Waals surface area contributed by atoms with E-state index in [9.17, 15) is 4.79 Å². The number of fused-ring (bicyclic) bond motifs is 1. The van der Waals surface area contributed by atoms with Gasteiger partial charge in [-0.05, 0) is 36.5 Å². The molecule has 2 aliphatic rings. The lowest BCUT2D eigenvalue weighted by molar-refractivity contribution is -0.191. The molecule has 0 radical (unpaired) electrons. The Balaban J connectivity index is 0.000000545. The van der Waals surface area contributed by atoms with Gasteiger partial charge in [0, 0.05) is 11.0 Å². The van der Waals surface area contributed by atoms with Crippen molar-refractivity contribution in [3.05, 3.63) is 35.4 Å². The predicted octanol–water partition coefficient (Wildman–Crippen LogP) is 2.17. The van der Waals surface area contributed by atoms with Crippen LogP contribution in [-0.2, 0) is 24.5 Å². The topological polar surface area (TPSA) is 60.4 Å². The number of terminal acetylenes is 1. The van der Waals surface area contributed by atoms with Gasteiger partial charge in [-0.1, -0.05) is 31.4 Å². The monoisotopic (exact) mass is 298 g/mol. The number of hydrogen-bond acceptors (Lipinski definition) is 4. The van der Waals surface area contributed by atoms with Crippen molar-refractivity contribution in [3.63, 3.8) is 0 Å². The Morgan fingerprint density at radius 3 is 2.32 bits per heavy atom. The molecule has 0 bridgehead atoms. The van der Waals surface area contributed by atoms with Crippen molar-refractivity contribution >= 4 is 12.1 Å². The first kappa shape index (κ1) is 16.0. The third-order valence-electron chi connectivity index (χ3n) is 4.79. The SMILES string of the molecule is C#Cc1ccc(C23C([C@H]2CC)[C@H]3C(=O)OCC)cc1.O=C=O. The molecule has 0 saturated heterocycles. The Hall–Kier alpha value is -2.37. The highest BCUT2D eigenvalue weighted by atomic mass is 16.5. The fourth-order valence-corrected chi connectivity index (χ4v) is 3.90. The molecular formula is C18H18O4. The van der Waals surface area contributed by atoms with Crippen molar-refractivity contribution in [3.8, 4) is 12.3 Å². The number of rotatable bonds is 4. The van der Waals surface area contributed by atoms with Crippen LogP contribution in [0.1, 0.15) is 31.4 Å². The molecule has 0 N–H and O–H groups in total. The lowest BCUT2D eigenvalue weighted by atomic mass is 9.88. The molecule has 2 fully saturated rings. The molecule has 114 valence electrons. The summed E-state index contributed by atoms with van der Waals surface area (Å²) in [6, 6.07) is 8.09. The summed E-state index contributed by atoms with van der Waals surface area (Å²) >= 11 is 0. The third-order valence-corrected chi connectivity index (χ3v) is 4.79. The first-order valence-corrected chi connectivity index (χ1v) is 7.36. The van der Waals surface area contributed by atoms with E-state index in [1.165, 1.54) is 5.56 Å². The number of ether oxygens (including phenoxy) is 1. The summed E-state index contributed by atoms with van der Waals surface area (Å²) < 4.78 is 5.18. The number of esters is 1. The summed E-state index contributed by atoms with van der Waals surface area (Å²) in [5, 5.41) is 0. The fourth-order valence-electron chi connectivity index (χ4n) is 3.90. The van der Waals surface area contributed by atoms with Gasteiger partial charge in [-0.2, -0.15) is 9.59 Å². The van der Waals surface area contributed by atoms with Gasteiger partial charge in [-0.25, -0.2) is 0 Å². The molecule has 2 saturated carbocycles. The highest BCUT2D eigenvalue weighted by Gasteiger charge is 2.88. The molecule has 3 rings (SSSR count). The molecule has 4 heteroatoms. The van der Waals surface area contributed by atoms with E-state index in [1.54, 1.807) is 0 Å². The summed E-state index contributed by atoms with van der Waals surface area (Å²) in [7, 11) is 0. The average Bonchev–Trinajstić information content (AvgIpc) is 3.37. The molecule has 4 atom stereocenters. The number of carbonyl (C=O) groups excluding carboxylic acids is 3. The lowest BCUT2D eigenvalue weighted by Crippen LogP contribution is -2.22. The number of hydrogen-bond donors (Lipinski definition) is 0. The van der Waals surface area contributed by atoms with Crippen LogP contribution in [0.5, 0.6) is 0 Å². The third kappa shape index (κ3) is 2.24. The van der Waals surface area contributed by atoms with Gasteiger partial charge in [0.1, 0.15) is 0 Å². The van der Waals surface area contributed by atoms with Crippen LogP contribution in [0.15, 0.2) is 24.3 Å². The van der Waals surface area contributed by atoms with Crippen LogP contribution in [0.2, 0.25) is 0 Å². The largest absolute Gasteiger partial charge is 0.466 e. The quantitative estimate of drug-likeness (QED) is 0.631. The highest BCUT2D eigenvalue weighted by Crippen LogP contribution is 2.85. The van der Waals surface area contributed by atoms with Gasteiger partial charge < -0.3 is 4.74 Å². The second kappa shape index (κ2) is 6.17. The van der Waals surface area contributed by atoms with E-state index < -0.39 is 0 Å². The minimum Gasteiger partial charge on any atom is -0.466 e. The predicted molar refractivity (Wildman–Crippen MR) is 78.5 cm³/mol. The maximum atomic E-state index is 12.0. The summed E-state index contributed by atoms with van der Waals surface area (Å²) in [6.45, 7) is 4.51. The van der Waals surface area contributed by atoms with Crippen molar-refractivity contribution in [1.29, 1.82) is 0 Å². The molecule has 0 spiro atoms. The maximum absolute atomic E-state index is 12.0. The molecule has 0 heterocycles. The Bertz CT molecular complexity index is 634. The number of carbonyl (C=O) groups is 1. The Morgan fingerprint density at radius 2 is 1.86 bits per heavy atom. The molecular weight excluding hydrogens is 280 g/mol. The van der Waals surface area contributed by atoms with Gasteiger partial charge in [-0.15, -0.1) is 6.42 Å². The van der Waals surface area contributed by atoms with Crippen molar-refractivity contribution in [2.45, 2.75) is 25.7 Å². The van der Waals surface area contributed by atoms with E-state index >= 15 is 0 Å². The molecule has 0 aromatic heterocycles. The van der Waals surface area contributed by atoms with Crippen molar-refractivity contribution in [2.75, 3.05) is 6.61 Å². The Kier molecular flexibility index (Phi) is 4.49. The van der Waals surface area contributed by atoms with Crippen molar-refractivity contribution in [2.24, 2.45) is 17.8 Å². The van der Waals surface area contributed by atoms with Gasteiger partial charge in [0.05, 0.1) is 12.5 Å². The van der Waals surface area contributed by atoms with E-state index in [4.69, 9.17) is 20.7 Å². The summed E-state index contributed by atoms with van der Waals surface area (Å²) in [5.41, 5.74) is 2.20. The Morgan fingerprint density at radius 1 is 1.27 bits per heavy atom. The zero-order valence-electron chi connectivity index (χ0n) is 12.7. The van der Waals surface area contributed by atoms with Gasteiger partial charge in [0.15, 0.2) is 0 Å². The van der Waals surface area contributed by atoms with Crippen LogP contribution in [0.4, 0.5) is 0 Å². The average molecular weight is 298 g/mol. The van der Waals surface area contributed by atoms with E-state index in [2.05, 4.69) is 25.0 Å². The van der Waals surface area contributed by atoms with Gasteiger partial charge in [0.2, 0.25) is 0 Å². The second-order valence-corrected chi connectivity index (χ2v) is 5.51. The zero-order chi connectivity index (χ0) is 16.3. The van der Waals surface area contributed by atoms with Crippen molar-refractivity contribution in [1.82, 2.24) is 0 Å².